The van der Waals surface area contributed by atoms with Gasteiger partial charge in [0.15, 0.2) is 0 Å². The van der Waals surface area contributed by atoms with Crippen LogP contribution in [0, 0.1) is 5.92 Å². The lowest BCUT2D eigenvalue weighted by atomic mass is 9.98. The number of hydrogen-bond donors (Lipinski definition) is 1. The van der Waals surface area contributed by atoms with Gasteiger partial charge in [-0.25, -0.2) is 8.42 Å². The molecule has 0 saturated carbocycles. The Morgan fingerprint density at radius 2 is 2.00 bits per heavy atom. The van der Waals surface area contributed by atoms with Crippen molar-refractivity contribution in [3.63, 3.8) is 0 Å². The van der Waals surface area contributed by atoms with E-state index in [-0.39, 0.29) is 17.5 Å². The molecule has 0 aliphatic heterocycles. The SMILES string of the molecule is CCC(CN)CC(=O)CCCS(C)(=O)=O. The molecule has 1 atom stereocenters. The minimum absolute atomic E-state index is 0.0954. The zero-order valence-electron chi connectivity index (χ0n) is 9.53. The van der Waals surface area contributed by atoms with E-state index in [1.54, 1.807) is 0 Å². The molecule has 0 amide bonds. The average Bonchev–Trinajstić information content (AvgIpc) is 2.12. The Labute approximate surface area is 92.2 Å². The standard InChI is InChI=1S/C10H21NO3S/c1-3-9(8-11)7-10(12)5-4-6-15(2,13)14/h9H,3-8,11H2,1-2H3. The summed E-state index contributed by atoms with van der Waals surface area (Å²) in [6.07, 6.45) is 3.35. The molecule has 0 aromatic carbocycles. The number of carbonyl (C=O) groups is 1. The Morgan fingerprint density at radius 3 is 2.40 bits per heavy atom. The van der Waals surface area contributed by atoms with Gasteiger partial charge in [-0.1, -0.05) is 13.3 Å². The van der Waals surface area contributed by atoms with E-state index < -0.39 is 9.84 Å². The third-order valence-corrected chi connectivity index (χ3v) is 3.43. The second kappa shape index (κ2) is 6.95. The summed E-state index contributed by atoms with van der Waals surface area (Å²) >= 11 is 0. The maximum atomic E-state index is 11.4. The molecule has 2 N–H and O–H groups in total. The van der Waals surface area contributed by atoms with Gasteiger partial charge in [0.1, 0.15) is 15.6 Å². The molecule has 0 saturated heterocycles. The van der Waals surface area contributed by atoms with Crippen molar-refractivity contribution in [1.82, 2.24) is 0 Å². The van der Waals surface area contributed by atoms with Crippen molar-refractivity contribution >= 4 is 15.6 Å². The summed E-state index contributed by atoms with van der Waals surface area (Å²) in [7, 11) is -2.94. The highest BCUT2D eigenvalue weighted by atomic mass is 32.2. The van der Waals surface area contributed by atoms with Crippen molar-refractivity contribution in [3.05, 3.63) is 0 Å². The molecule has 0 spiro atoms. The predicted octanol–water partition coefficient (Wildman–Crippen LogP) is 0.755. The molecule has 5 heteroatoms. The maximum Gasteiger partial charge on any atom is 0.147 e. The first kappa shape index (κ1) is 14.6. The summed E-state index contributed by atoms with van der Waals surface area (Å²) in [4.78, 5) is 11.4. The minimum Gasteiger partial charge on any atom is -0.330 e. The largest absolute Gasteiger partial charge is 0.330 e. The van der Waals surface area contributed by atoms with E-state index in [0.29, 0.717) is 25.8 Å². The Bertz CT molecular complexity index is 281. The molecule has 1 unspecified atom stereocenters. The summed E-state index contributed by atoms with van der Waals surface area (Å²) in [6.45, 7) is 2.52. The Kier molecular flexibility index (Phi) is 6.76. The van der Waals surface area contributed by atoms with Gasteiger partial charge in [0.25, 0.3) is 0 Å². The second-order valence-electron chi connectivity index (χ2n) is 3.99. The third-order valence-electron chi connectivity index (χ3n) is 2.40. The lowest BCUT2D eigenvalue weighted by Crippen LogP contribution is -2.17. The molecule has 90 valence electrons. The van der Waals surface area contributed by atoms with Crippen molar-refractivity contribution < 1.29 is 13.2 Å². The number of Topliss-reactive ketones (excluding diaryl/α,β-unsaturated/α-hetero) is 1. The van der Waals surface area contributed by atoms with Crippen LogP contribution in [-0.4, -0.2) is 32.8 Å². The Hall–Kier alpha value is -0.420. The van der Waals surface area contributed by atoms with Crippen LogP contribution in [0.3, 0.4) is 0 Å². The number of rotatable bonds is 8. The molecule has 0 aliphatic rings. The lowest BCUT2D eigenvalue weighted by Gasteiger charge is -2.10. The summed E-state index contributed by atoms with van der Waals surface area (Å²) in [5, 5.41) is 0. The van der Waals surface area contributed by atoms with E-state index in [4.69, 9.17) is 5.73 Å². The van der Waals surface area contributed by atoms with E-state index in [1.165, 1.54) is 6.26 Å². The maximum absolute atomic E-state index is 11.4. The van der Waals surface area contributed by atoms with Gasteiger partial charge in [0.2, 0.25) is 0 Å². The van der Waals surface area contributed by atoms with E-state index in [2.05, 4.69) is 0 Å². The van der Waals surface area contributed by atoms with E-state index in [9.17, 15) is 13.2 Å². The molecular weight excluding hydrogens is 214 g/mol. The molecule has 0 bridgehead atoms. The van der Waals surface area contributed by atoms with E-state index in [0.717, 1.165) is 6.42 Å². The topological polar surface area (TPSA) is 77.2 Å². The first-order valence-corrected chi connectivity index (χ1v) is 7.34. The normalized spacial score (nSPS) is 13.8. The van der Waals surface area contributed by atoms with Crippen molar-refractivity contribution in [2.24, 2.45) is 11.7 Å². The summed E-state index contributed by atoms with van der Waals surface area (Å²) in [5.74, 6) is 0.463. The molecule has 0 aromatic heterocycles. The quantitative estimate of drug-likeness (QED) is 0.673. The third kappa shape index (κ3) is 8.57. The Balaban J connectivity index is 3.75. The van der Waals surface area contributed by atoms with Crippen LogP contribution < -0.4 is 5.73 Å². The minimum atomic E-state index is -2.94. The molecule has 4 nitrogen and oxygen atoms in total. The number of sulfone groups is 1. The van der Waals surface area contributed by atoms with Gasteiger partial charge in [-0.15, -0.1) is 0 Å². The van der Waals surface area contributed by atoms with Gasteiger partial charge in [0.05, 0.1) is 5.75 Å². The van der Waals surface area contributed by atoms with Crippen LogP contribution in [-0.2, 0) is 14.6 Å². The molecule has 0 radical (unpaired) electrons. The molecule has 0 aliphatic carbocycles. The number of ketones is 1. The van der Waals surface area contributed by atoms with Crippen molar-refractivity contribution in [2.75, 3.05) is 18.6 Å². The fourth-order valence-corrected chi connectivity index (χ4v) is 2.02. The van der Waals surface area contributed by atoms with Crippen molar-refractivity contribution in [3.8, 4) is 0 Å². The van der Waals surface area contributed by atoms with Gasteiger partial charge in [-0.2, -0.15) is 0 Å². The van der Waals surface area contributed by atoms with Crippen LogP contribution in [0.4, 0.5) is 0 Å². The zero-order valence-corrected chi connectivity index (χ0v) is 10.3. The van der Waals surface area contributed by atoms with Gasteiger partial charge in [-0.3, -0.25) is 4.79 Å². The van der Waals surface area contributed by atoms with Crippen LogP contribution in [0.25, 0.3) is 0 Å². The van der Waals surface area contributed by atoms with Crippen LogP contribution in [0.5, 0.6) is 0 Å². The highest BCUT2D eigenvalue weighted by Gasteiger charge is 2.11. The van der Waals surface area contributed by atoms with Gasteiger partial charge < -0.3 is 5.73 Å². The lowest BCUT2D eigenvalue weighted by molar-refractivity contribution is -0.119. The van der Waals surface area contributed by atoms with Crippen LogP contribution in [0.1, 0.15) is 32.6 Å². The van der Waals surface area contributed by atoms with Crippen LogP contribution >= 0.6 is 0 Å². The van der Waals surface area contributed by atoms with Gasteiger partial charge >= 0.3 is 0 Å². The van der Waals surface area contributed by atoms with Gasteiger partial charge in [0, 0.05) is 19.1 Å². The average molecular weight is 235 g/mol. The molecular formula is C10H21NO3S. The fraction of sp³-hybridized carbons (Fsp3) is 0.900. The van der Waals surface area contributed by atoms with Crippen molar-refractivity contribution in [1.29, 1.82) is 0 Å². The molecule has 15 heavy (non-hydrogen) atoms. The van der Waals surface area contributed by atoms with Crippen molar-refractivity contribution in [2.45, 2.75) is 32.6 Å². The summed E-state index contributed by atoms with van der Waals surface area (Å²) in [6, 6.07) is 0. The Morgan fingerprint density at radius 1 is 1.40 bits per heavy atom. The molecule has 0 heterocycles. The van der Waals surface area contributed by atoms with E-state index >= 15 is 0 Å². The van der Waals surface area contributed by atoms with Crippen LogP contribution in [0.15, 0.2) is 0 Å². The molecule has 0 fully saturated rings. The number of hydrogen-bond acceptors (Lipinski definition) is 4. The number of carbonyl (C=O) groups excluding carboxylic acids is 1. The first-order chi connectivity index (χ1) is 6.89. The van der Waals surface area contributed by atoms with Gasteiger partial charge in [-0.05, 0) is 18.9 Å². The molecule has 0 rings (SSSR count). The summed E-state index contributed by atoms with van der Waals surface area (Å²) in [5.41, 5.74) is 5.48. The first-order valence-electron chi connectivity index (χ1n) is 5.28. The second-order valence-corrected chi connectivity index (χ2v) is 6.25. The predicted molar refractivity (Wildman–Crippen MR) is 61.4 cm³/mol. The van der Waals surface area contributed by atoms with E-state index in [1.807, 2.05) is 6.92 Å². The monoisotopic (exact) mass is 235 g/mol. The highest BCUT2D eigenvalue weighted by Crippen LogP contribution is 2.09. The number of nitrogens with two attached hydrogens (primary N) is 1. The summed E-state index contributed by atoms with van der Waals surface area (Å²) < 4.78 is 21.6. The highest BCUT2D eigenvalue weighted by molar-refractivity contribution is 7.90. The smallest absolute Gasteiger partial charge is 0.147 e. The van der Waals surface area contributed by atoms with Crippen LogP contribution in [0.2, 0.25) is 0 Å². The fourth-order valence-electron chi connectivity index (χ4n) is 1.35. The molecule has 0 aromatic rings. The zero-order chi connectivity index (χ0) is 11.9.